The van der Waals surface area contributed by atoms with E-state index in [1.807, 2.05) is 0 Å². The summed E-state index contributed by atoms with van der Waals surface area (Å²) in [7, 11) is 1.44. The lowest BCUT2D eigenvalue weighted by Crippen LogP contribution is -2.42. The van der Waals surface area contributed by atoms with Crippen LogP contribution in [0, 0.1) is 5.92 Å². The third-order valence-electron chi connectivity index (χ3n) is 3.71. The van der Waals surface area contributed by atoms with Gasteiger partial charge in [-0.15, -0.1) is 0 Å². The molecule has 1 fully saturated rings. The fraction of sp³-hybridized carbons (Fsp3) is 0.467. The SMILES string of the molecule is CCOC(=O)C1CCCN(C(=O)c2ccc(S(=O)(=O)Cl)cc2)C1. The lowest BCUT2D eigenvalue weighted by Gasteiger charge is -2.31. The van der Waals surface area contributed by atoms with E-state index in [1.54, 1.807) is 11.8 Å². The molecule has 2 rings (SSSR count). The Bertz CT molecular complexity index is 686. The minimum Gasteiger partial charge on any atom is -0.466 e. The van der Waals surface area contributed by atoms with Crippen molar-refractivity contribution in [1.29, 1.82) is 0 Å². The van der Waals surface area contributed by atoms with Gasteiger partial charge in [0, 0.05) is 29.3 Å². The molecular weight excluding hydrogens is 342 g/mol. The molecular formula is C15H18ClNO5S. The van der Waals surface area contributed by atoms with Gasteiger partial charge in [-0.05, 0) is 44.0 Å². The van der Waals surface area contributed by atoms with Gasteiger partial charge >= 0.3 is 5.97 Å². The Labute approximate surface area is 139 Å². The Kier molecular flexibility index (Phi) is 5.64. The number of hydrogen-bond donors (Lipinski definition) is 0. The van der Waals surface area contributed by atoms with E-state index in [4.69, 9.17) is 15.4 Å². The number of hydrogen-bond acceptors (Lipinski definition) is 5. The summed E-state index contributed by atoms with van der Waals surface area (Å²) >= 11 is 0. The van der Waals surface area contributed by atoms with E-state index in [1.165, 1.54) is 24.3 Å². The van der Waals surface area contributed by atoms with Crippen molar-refractivity contribution in [1.82, 2.24) is 4.90 Å². The van der Waals surface area contributed by atoms with Gasteiger partial charge in [0.05, 0.1) is 17.4 Å². The Morgan fingerprint density at radius 1 is 1.30 bits per heavy atom. The average molecular weight is 360 g/mol. The first-order chi connectivity index (χ1) is 10.8. The van der Waals surface area contributed by atoms with Crippen molar-refractivity contribution in [3.05, 3.63) is 29.8 Å². The van der Waals surface area contributed by atoms with Gasteiger partial charge in [-0.3, -0.25) is 9.59 Å². The lowest BCUT2D eigenvalue weighted by atomic mass is 9.97. The Morgan fingerprint density at radius 3 is 2.52 bits per heavy atom. The molecule has 1 aromatic rings. The highest BCUT2D eigenvalue weighted by Crippen LogP contribution is 2.21. The molecule has 1 atom stereocenters. The number of carbonyl (C=O) groups is 2. The van der Waals surface area contributed by atoms with Crippen molar-refractivity contribution in [2.45, 2.75) is 24.7 Å². The predicted octanol–water partition coefficient (Wildman–Crippen LogP) is 2.03. The normalized spacial score (nSPS) is 18.5. The second-order valence-corrected chi connectivity index (χ2v) is 7.87. The van der Waals surface area contributed by atoms with E-state index < -0.39 is 9.05 Å². The third kappa shape index (κ3) is 4.45. The van der Waals surface area contributed by atoms with Crippen LogP contribution in [0.15, 0.2) is 29.2 Å². The van der Waals surface area contributed by atoms with E-state index in [9.17, 15) is 18.0 Å². The summed E-state index contributed by atoms with van der Waals surface area (Å²) in [6, 6.07) is 5.43. The van der Waals surface area contributed by atoms with E-state index in [-0.39, 0.29) is 22.7 Å². The molecule has 0 saturated carbocycles. The summed E-state index contributed by atoms with van der Waals surface area (Å²) in [5.74, 6) is -0.832. The first kappa shape index (κ1) is 17.7. The largest absolute Gasteiger partial charge is 0.466 e. The maximum Gasteiger partial charge on any atom is 0.310 e. The minimum absolute atomic E-state index is 0.0567. The second kappa shape index (κ2) is 7.31. The number of likely N-dealkylation sites (tertiary alicyclic amines) is 1. The molecule has 1 heterocycles. The zero-order chi connectivity index (χ0) is 17.0. The molecule has 0 aromatic heterocycles. The van der Waals surface area contributed by atoms with E-state index >= 15 is 0 Å². The standard InChI is InChI=1S/C15H18ClNO5S/c1-2-22-15(19)12-4-3-9-17(10-12)14(18)11-5-7-13(8-6-11)23(16,20)21/h5-8,12H,2-4,9-10H2,1H3. The number of rotatable bonds is 4. The van der Waals surface area contributed by atoms with Crippen LogP contribution in [0.4, 0.5) is 0 Å². The molecule has 1 aliphatic rings. The van der Waals surface area contributed by atoms with Crippen molar-refractivity contribution >= 4 is 31.6 Å². The number of esters is 1. The quantitative estimate of drug-likeness (QED) is 0.607. The number of ether oxygens (including phenoxy) is 1. The van der Waals surface area contributed by atoms with Crippen molar-refractivity contribution in [2.75, 3.05) is 19.7 Å². The number of piperidine rings is 1. The zero-order valence-corrected chi connectivity index (χ0v) is 14.3. The molecule has 1 amide bonds. The van der Waals surface area contributed by atoms with Crippen LogP contribution in [0.1, 0.15) is 30.1 Å². The number of halogens is 1. The highest BCUT2D eigenvalue weighted by Gasteiger charge is 2.29. The Hall–Kier alpha value is -1.60. The molecule has 0 spiro atoms. The molecule has 6 nitrogen and oxygen atoms in total. The summed E-state index contributed by atoms with van der Waals surface area (Å²) in [6.45, 7) is 2.94. The lowest BCUT2D eigenvalue weighted by molar-refractivity contribution is -0.149. The molecule has 1 saturated heterocycles. The molecule has 1 aromatic carbocycles. The topological polar surface area (TPSA) is 80.8 Å². The van der Waals surface area contributed by atoms with Crippen LogP contribution >= 0.6 is 10.7 Å². The van der Waals surface area contributed by atoms with Crippen molar-refractivity contribution in [2.24, 2.45) is 5.92 Å². The summed E-state index contributed by atoms with van der Waals surface area (Å²) in [5.41, 5.74) is 0.360. The van der Waals surface area contributed by atoms with Gasteiger partial charge in [-0.25, -0.2) is 8.42 Å². The zero-order valence-electron chi connectivity index (χ0n) is 12.7. The highest BCUT2D eigenvalue weighted by molar-refractivity contribution is 8.13. The van der Waals surface area contributed by atoms with Crippen LogP contribution in [-0.4, -0.2) is 44.9 Å². The smallest absolute Gasteiger partial charge is 0.310 e. The summed E-state index contributed by atoms with van der Waals surface area (Å²) in [4.78, 5) is 25.8. The van der Waals surface area contributed by atoms with Crippen molar-refractivity contribution < 1.29 is 22.7 Å². The number of nitrogens with zero attached hydrogens (tertiary/aromatic N) is 1. The monoisotopic (exact) mass is 359 g/mol. The second-order valence-electron chi connectivity index (χ2n) is 5.30. The van der Waals surface area contributed by atoms with Crippen LogP contribution in [0.5, 0.6) is 0 Å². The van der Waals surface area contributed by atoms with Gasteiger partial charge in [0.15, 0.2) is 0 Å². The maximum absolute atomic E-state index is 12.5. The fourth-order valence-corrected chi connectivity index (χ4v) is 3.33. The number of carbonyl (C=O) groups excluding carboxylic acids is 2. The number of benzene rings is 1. The molecule has 0 bridgehead atoms. The molecule has 126 valence electrons. The van der Waals surface area contributed by atoms with Crippen LogP contribution in [0.3, 0.4) is 0 Å². The average Bonchev–Trinajstić information content (AvgIpc) is 2.54. The number of amides is 1. The minimum atomic E-state index is -3.81. The first-order valence-corrected chi connectivity index (χ1v) is 9.64. The Morgan fingerprint density at radius 2 is 1.96 bits per heavy atom. The van der Waals surface area contributed by atoms with Crippen LogP contribution in [0.25, 0.3) is 0 Å². The predicted molar refractivity (Wildman–Crippen MR) is 84.7 cm³/mol. The highest BCUT2D eigenvalue weighted by atomic mass is 35.7. The van der Waals surface area contributed by atoms with Crippen LogP contribution in [0.2, 0.25) is 0 Å². The third-order valence-corrected chi connectivity index (χ3v) is 5.08. The maximum atomic E-state index is 12.5. The molecule has 23 heavy (non-hydrogen) atoms. The fourth-order valence-electron chi connectivity index (χ4n) is 2.56. The first-order valence-electron chi connectivity index (χ1n) is 7.33. The van der Waals surface area contributed by atoms with Crippen LogP contribution in [-0.2, 0) is 18.6 Å². The van der Waals surface area contributed by atoms with Crippen molar-refractivity contribution in [3.63, 3.8) is 0 Å². The van der Waals surface area contributed by atoms with Gasteiger partial charge < -0.3 is 9.64 Å². The molecule has 1 aliphatic heterocycles. The van der Waals surface area contributed by atoms with Gasteiger partial charge in [0.1, 0.15) is 0 Å². The molecule has 0 radical (unpaired) electrons. The van der Waals surface area contributed by atoms with E-state index in [0.29, 0.717) is 31.7 Å². The van der Waals surface area contributed by atoms with Gasteiger partial charge in [0.2, 0.25) is 0 Å². The molecule has 8 heteroatoms. The summed E-state index contributed by atoms with van der Waals surface area (Å²) in [5, 5.41) is 0. The van der Waals surface area contributed by atoms with E-state index in [0.717, 1.165) is 6.42 Å². The summed E-state index contributed by atoms with van der Waals surface area (Å²) < 4.78 is 27.4. The molecule has 0 N–H and O–H groups in total. The van der Waals surface area contributed by atoms with Gasteiger partial charge in [-0.1, -0.05) is 0 Å². The van der Waals surface area contributed by atoms with E-state index in [2.05, 4.69) is 0 Å². The van der Waals surface area contributed by atoms with Crippen LogP contribution < -0.4 is 0 Å². The summed E-state index contributed by atoms with van der Waals surface area (Å²) in [6.07, 6.45) is 1.43. The Balaban J connectivity index is 2.09. The molecule has 1 unspecified atom stereocenters. The molecule has 0 aliphatic carbocycles. The van der Waals surface area contributed by atoms with Crippen molar-refractivity contribution in [3.8, 4) is 0 Å². The van der Waals surface area contributed by atoms with Gasteiger partial charge in [0.25, 0.3) is 15.0 Å². The van der Waals surface area contributed by atoms with Gasteiger partial charge in [-0.2, -0.15) is 0 Å².